The van der Waals surface area contributed by atoms with Gasteiger partial charge in [0.15, 0.2) is 6.23 Å². The van der Waals surface area contributed by atoms with Crippen molar-refractivity contribution < 1.29 is 33.5 Å². The van der Waals surface area contributed by atoms with Gasteiger partial charge in [-0.25, -0.2) is 9.88 Å². The first-order chi connectivity index (χ1) is 18.7. The third-order valence-corrected chi connectivity index (χ3v) is 7.98. The number of carbonyl (C=O) groups excluding carboxylic acids is 1. The molecule has 6 atom stereocenters. The lowest BCUT2D eigenvalue weighted by Gasteiger charge is -2.31. The van der Waals surface area contributed by atoms with E-state index in [4.69, 9.17) is 30.3 Å². The average Bonchev–Trinajstić information content (AvgIpc) is 3.12. The van der Waals surface area contributed by atoms with Gasteiger partial charge in [-0.3, -0.25) is 19.1 Å². The number of ether oxygens (including phenoxy) is 2. The molecule has 1 aromatic heterocycles. The predicted octanol–water partition coefficient (Wildman–Crippen LogP) is 1.68. The highest BCUT2D eigenvalue weighted by Crippen LogP contribution is 2.48. The Bertz CT molecular complexity index is 1410. The highest BCUT2D eigenvalue weighted by molar-refractivity contribution is 8.09. The van der Waals surface area contributed by atoms with Crippen molar-refractivity contribution in [2.75, 3.05) is 13.2 Å². The van der Waals surface area contributed by atoms with Crippen molar-refractivity contribution in [3.63, 3.8) is 0 Å². The number of hydrogen-bond donors (Lipinski definition) is 4. The van der Waals surface area contributed by atoms with E-state index in [1.807, 2.05) is 25.8 Å². The first-order valence-corrected chi connectivity index (χ1v) is 14.7. The normalized spacial score (nSPS) is 24.9. The van der Waals surface area contributed by atoms with Crippen LogP contribution in [-0.2, 0) is 30.6 Å². The molecule has 0 aliphatic carbocycles. The number of nitrogens with zero attached hydrogens (tertiary/aromatic N) is 4. The summed E-state index contributed by atoms with van der Waals surface area (Å²) in [6.45, 7) is 2.90. The fraction of sp³-hybridized carbons (Fsp3) is 0.522. The lowest BCUT2D eigenvalue weighted by atomic mass is 9.99. The maximum atomic E-state index is 12.7. The van der Waals surface area contributed by atoms with Crippen LogP contribution in [0.1, 0.15) is 33.9 Å². The van der Waals surface area contributed by atoms with E-state index in [1.165, 1.54) is 6.92 Å². The third kappa shape index (κ3) is 7.77. The molecule has 2 heterocycles. The molecule has 1 saturated heterocycles. The zero-order chi connectivity index (χ0) is 29.7. The van der Waals surface area contributed by atoms with E-state index in [1.54, 1.807) is 30.3 Å². The van der Waals surface area contributed by atoms with Crippen LogP contribution in [0.25, 0.3) is 10.4 Å². The van der Waals surface area contributed by atoms with Crippen molar-refractivity contribution in [3.8, 4) is 5.75 Å². The van der Waals surface area contributed by atoms with Gasteiger partial charge in [-0.15, -0.1) is 0 Å². The van der Waals surface area contributed by atoms with Crippen LogP contribution in [-0.4, -0.2) is 62.9 Å². The van der Waals surface area contributed by atoms with E-state index in [2.05, 4.69) is 15.1 Å². The van der Waals surface area contributed by atoms with Crippen LogP contribution < -0.4 is 20.9 Å². The Morgan fingerprint density at radius 2 is 2.00 bits per heavy atom. The largest absolute Gasteiger partial charge is 0.464 e. The van der Waals surface area contributed by atoms with Crippen molar-refractivity contribution in [2.45, 2.75) is 57.9 Å². The minimum Gasteiger partial charge on any atom is -0.464 e. The molecule has 2 aromatic rings. The summed E-state index contributed by atoms with van der Waals surface area (Å²) in [6.07, 6.45) is -4.21. The number of para-hydroxylation sites is 1. The fourth-order valence-electron chi connectivity index (χ4n) is 3.52. The van der Waals surface area contributed by atoms with Gasteiger partial charge in [-0.2, -0.15) is 0 Å². The molecule has 1 unspecified atom stereocenters. The number of esters is 1. The van der Waals surface area contributed by atoms with Crippen molar-refractivity contribution in [1.82, 2.24) is 14.6 Å². The minimum atomic E-state index is -3.68. The van der Waals surface area contributed by atoms with Crippen LogP contribution in [0.4, 0.5) is 0 Å². The number of benzene rings is 1. The second kappa shape index (κ2) is 12.6. The van der Waals surface area contributed by atoms with Gasteiger partial charge in [0.1, 0.15) is 24.0 Å². The van der Waals surface area contributed by atoms with Crippen molar-refractivity contribution in [2.24, 2.45) is 10.5 Å². The van der Waals surface area contributed by atoms with Crippen LogP contribution >= 0.6 is 6.64 Å². The van der Waals surface area contributed by atoms with Gasteiger partial charge in [-0.05, 0) is 41.8 Å². The number of aliphatic hydroxyl groups excluding tert-OH is 2. The van der Waals surface area contributed by atoms with Crippen LogP contribution in [0.5, 0.6) is 5.75 Å². The Morgan fingerprint density at radius 3 is 2.60 bits per heavy atom. The molecule has 0 radical (unpaired) electrons. The number of rotatable bonds is 11. The lowest BCUT2D eigenvalue weighted by Crippen LogP contribution is -2.45. The van der Waals surface area contributed by atoms with Crippen LogP contribution in [0.2, 0.25) is 0 Å². The maximum Gasteiger partial charge on any atom is 0.330 e. The highest BCUT2D eigenvalue weighted by atomic mass is 32.5. The molecular formula is C23H31N6O9PS. The van der Waals surface area contributed by atoms with Gasteiger partial charge in [-0.1, -0.05) is 44.1 Å². The summed E-state index contributed by atoms with van der Waals surface area (Å²) in [5.74, 6) is -0.337. The first-order valence-electron chi connectivity index (χ1n) is 12.0. The predicted molar refractivity (Wildman–Crippen MR) is 146 cm³/mol. The fourth-order valence-corrected chi connectivity index (χ4v) is 5.92. The highest BCUT2D eigenvalue weighted by Gasteiger charge is 2.56. The lowest BCUT2D eigenvalue weighted by molar-refractivity contribution is -0.148. The minimum absolute atomic E-state index is 0.143. The molecule has 0 bridgehead atoms. The van der Waals surface area contributed by atoms with Crippen molar-refractivity contribution in [1.29, 1.82) is 0 Å². The Balaban J connectivity index is 1.88. The Kier molecular flexibility index (Phi) is 9.93. The molecule has 4 N–H and O–H groups in total. The quantitative estimate of drug-likeness (QED) is 0.0961. The number of H-pyrrole nitrogens is 1. The molecule has 3 rings (SSSR count). The Hall–Kier alpha value is -3.07. The molecule has 1 fully saturated rings. The van der Waals surface area contributed by atoms with Crippen LogP contribution in [0.15, 0.2) is 57.3 Å². The summed E-state index contributed by atoms with van der Waals surface area (Å²) in [5, 5.41) is 27.9. The Morgan fingerprint density at radius 1 is 1.32 bits per heavy atom. The smallest absolute Gasteiger partial charge is 0.330 e. The van der Waals surface area contributed by atoms with E-state index in [-0.39, 0.29) is 17.8 Å². The molecule has 40 heavy (non-hydrogen) atoms. The van der Waals surface area contributed by atoms with E-state index in [9.17, 15) is 30.1 Å². The maximum absolute atomic E-state index is 12.7. The molecule has 15 nitrogen and oxygen atoms in total. The van der Waals surface area contributed by atoms with E-state index < -0.39 is 60.7 Å². The van der Waals surface area contributed by atoms with Crippen molar-refractivity contribution in [3.05, 3.63) is 73.9 Å². The zero-order valence-corrected chi connectivity index (χ0v) is 23.9. The molecule has 17 heteroatoms. The van der Waals surface area contributed by atoms with E-state index in [0.717, 1.165) is 16.8 Å². The Labute approximate surface area is 233 Å². The summed E-state index contributed by atoms with van der Waals surface area (Å²) in [5.41, 5.74) is 5.04. The molecular weight excluding hydrogens is 567 g/mol. The molecule has 1 aromatic carbocycles. The van der Waals surface area contributed by atoms with Gasteiger partial charge >= 0.3 is 18.3 Å². The number of carbonyl (C=O) groups is 1. The summed E-state index contributed by atoms with van der Waals surface area (Å²) in [4.78, 5) is 41.1. The summed E-state index contributed by atoms with van der Waals surface area (Å²) in [7, 11) is 0. The van der Waals surface area contributed by atoms with Gasteiger partial charge in [0, 0.05) is 17.2 Å². The zero-order valence-electron chi connectivity index (χ0n) is 22.2. The number of azide groups is 1. The van der Waals surface area contributed by atoms with Gasteiger partial charge in [0.2, 0.25) is 5.72 Å². The molecule has 1 aliphatic rings. The standard InChI is InChI=1S/C23H31N6O9PS/c1-14(20(33)35-12-22(2,3)4)26-39(40,38-15-8-6-5-7-9-15)36-13-23(27-28-24)18(32)17(31)19(37-23)29-11-10-16(30)25-21(29)34/h5-11,14,17-19,31-32H,12-13H2,1-4H3,(H,26,40)(H,25,30,34)/t14-,17+,18-,19+,23+,39?/m0/s1. The first kappa shape index (κ1) is 31.5. The molecule has 1 aliphatic heterocycles. The molecule has 218 valence electrons. The number of aliphatic hydroxyl groups is 2. The molecule has 0 amide bonds. The summed E-state index contributed by atoms with van der Waals surface area (Å²) < 4.78 is 23.6. The van der Waals surface area contributed by atoms with Gasteiger partial charge in [0.05, 0.1) is 13.2 Å². The summed E-state index contributed by atoms with van der Waals surface area (Å²) in [6, 6.07) is 8.32. The topological polar surface area (TPSA) is 210 Å². The van der Waals surface area contributed by atoms with Crippen LogP contribution in [0, 0.1) is 5.41 Å². The van der Waals surface area contributed by atoms with Crippen molar-refractivity contribution >= 4 is 24.4 Å². The molecule has 0 spiro atoms. The van der Waals surface area contributed by atoms with Gasteiger partial charge < -0.3 is 28.7 Å². The SMILES string of the molecule is C[C@H](NP(=S)(OC[C@@]1(N=[N+]=[N-])O[C@@H](n2ccc(=O)[nH]c2=O)[C@H](O)[C@@H]1O)Oc1ccccc1)C(=O)OCC(C)(C)C. The number of aromatic nitrogens is 2. The number of nitrogens with one attached hydrogen (secondary N) is 2. The van der Waals surface area contributed by atoms with E-state index in [0.29, 0.717) is 0 Å². The van der Waals surface area contributed by atoms with Gasteiger partial charge in [0.25, 0.3) is 5.56 Å². The average molecular weight is 599 g/mol. The van der Waals surface area contributed by atoms with Crippen LogP contribution in [0.3, 0.4) is 0 Å². The van der Waals surface area contributed by atoms with E-state index >= 15 is 0 Å². The summed E-state index contributed by atoms with van der Waals surface area (Å²) >= 11 is 5.65. The second-order valence-corrected chi connectivity index (χ2v) is 13.3. The second-order valence-electron chi connectivity index (χ2n) is 10.2. The third-order valence-electron chi connectivity index (χ3n) is 5.50. The number of hydrogen-bond acceptors (Lipinski definition) is 11. The monoisotopic (exact) mass is 598 g/mol. The number of aromatic amines is 1. The molecule has 0 saturated carbocycles.